The minimum Gasteiger partial charge on any atom is -0.305 e. The van der Waals surface area contributed by atoms with Gasteiger partial charge in [0.05, 0.1) is 0 Å². The molecule has 0 spiro atoms. The lowest BCUT2D eigenvalue weighted by atomic mass is 10.3. The van der Waals surface area contributed by atoms with Gasteiger partial charge in [-0.2, -0.15) is 0 Å². The maximum absolute atomic E-state index is 2.43. The van der Waals surface area contributed by atoms with E-state index >= 15 is 0 Å². The third kappa shape index (κ3) is 8.26. The van der Waals surface area contributed by atoms with Crippen LogP contribution in [0, 0.1) is 0 Å². The van der Waals surface area contributed by atoms with Crippen LogP contribution in [0.2, 0.25) is 0 Å². The van der Waals surface area contributed by atoms with Gasteiger partial charge in [-0.25, -0.2) is 0 Å². The highest BCUT2D eigenvalue weighted by Gasteiger charge is 1.99. The molecule has 0 saturated heterocycles. The van der Waals surface area contributed by atoms with Crippen molar-refractivity contribution < 1.29 is 0 Å². The van der Waals surface area contributed by atoms with Gasteiger partial charge in [0, 0.05) is 13.1 Å². The number of nitrogens with zero attached hydrogens (tertiary/aromatic N) is 2. The highest BCUT2D eigenvalue weighted by Crippen LogP contribution is 1.92. The topological polar surface area (TPSA) is 6.48 Å². The van der Waals surface area contributed by atoms with Crippen molar-refractivity contribution in [2.45, 2.75) is 33.1 Å². The smallest absolute Gasteiger partial charge is 0.0106 e. The minimum absolute atomic E-state index is 1.20. The zero-order valence-corrected chi connectivity index (χ0v) is 9.84. The Hall–Kier alpha value is -0.0800. The Morgan fingerprint density at radius 2 is 1.23 bits per heavy atom. The van der Waals surface area contributed by atoms with Crippen molar-refractivity contribution in [1.29, 1.82) is 0 Å². The summed E-state index contributed by atoms with van der Waals surface area (Å²) < 4.78 is 0. The Balaban J connectivity index is 3.29. The second kappa shape index (κ2) is 8.52. The standard InChI is InChI=1S/C11H26N2/c1-5-7-9-13(4)11-10-12(3)8-6-2/h5-11H2,1-4H3. The summed E-state index contributed by atoms with van der Waals surface area (Å²) in [6.45, 7) is 9.36. The van der Waals surface area contributed by atoms with Crippen LogP contribution in [0.15, 0.2) is 0 Å². The summed E-state index contributed by atoms with van der Waals surface area (Å²) in [5.74, 6) is 0. The van der Waals surface area contributed by atoms with Crippen LogP contribution < -0.4 is 0 Å². The lowest BCUT2D eigenvalue weighted by Gasteiger charge is -2.21. The molecule has 2 nitrogen and oxygen atoms in total. The predicted molar refractivity (Wildman–Crippen MR) is 60.2 cm³/mol. The molecule has 0 heterocycles. The van der Waals surface area contributed by atoms with Crippen LogP contribution in [-0.4, -0.2) is 50.1 Å². The minimum atomic E-state index is 1.20. The van der Waals surface area contributed by atoms with Gasteiger partial charge in [-0.05, 0) is 40.0 Å². The average molecular weight is 186 g/mol. The van der Waals surface area contributed by atoms with E-state index in [0.717, 1.165) is 0 Å². The first kappa shape index (κ1) is 12.9. The van der Waals surface area contributed by atoms with E-state index in [1.807, 2.05) is 0 Å². The summed E-state index contributed by atoms with van der Waals surface area (Å²) >= 11 is 0. The van der Waals surface area contributed by atoms with Crippen LogP contribution in [0.3, 0.4) is 0 Å². The van der Waals surface area contributed by atoms with Crippen LogP contribution in [0.25, 0.3) is 0 Å². The number of likely N-dealkylation sites (N-methyl/N-ethyl adjacent to an activating group) is 2. The average Bonchev–Trinajstić information content (AvgIpc) is 2.12. The van der Waals surface area contributed by atoms with Gasteiger partial charge < -0.3 is 9.80 Å². The number of unbranched alkanes of at least 4 members (excludes halogenated alkanes) is 1. The van der Waals surface area contributed by atoms with Gasteiger partial charge in [-0.15, -0.1) is 0 Å². The molecule has 0 aliphatic rings. The third-order valence-electron chi connectivity index (χ3n) is 2.36. The first-order chi connectivity index (χ1) is 6.20. The fourth-order valence-corrected chi connectivity index (χ4v) is 1.37. The fraction of sp³-hybridized carbons (Fsp3) is 1.00. The summed E-state index contributed by atoms with van der Waals surface area (Å²) in [5, 5.41) is 0. The Labute approximate surface area is 83.9 Å². The van der Waals surface area contributed by atoms with E-state index in [-0.39, 0.29) is 0 Å². The first-order valence-corrected chi connectivity index (χ1v) is 5.57. The lowest BCUT2D eigenvalue weighted by Crippen LogP contribution is -2.31. The van der Waals surface area contributed by atoms with Gasteiger partial charge in [0.15, 0.2) is 0 Å². The van der Waals surface area contributed by atoms with Gasteiger partial charge in [0.25, 0.3) is 0 Å². The molecule has 0 aromatic rings. The molecular weight excluding hydrogens is 160 g/mol. The molecule has 13 heavy (non-hydrogen) atoms. The monoisotopic (exact) mass is 186 g/mol. The van der Waals surface area contributed by atoms with E-state index in [0.29, 0.717) is 0 Å². The summed E-state index contributed by atoms with van der Waals surface area (Å²) in [4.78, 5) is 4.83. The van der Waals surface area contributed by atoms with E-state index in [2.05, 4.69) is 37.7 Å². The Morgan fingerprint density at radius 1 is 0.692 bits per heavy atom. The van der Waals surface area contributed by atoms with Crippen molar-refractivity contribution in [3.8, 4) is 0 Å². The lowest BCUT2D eigenvalue weighted by molar-refractivity contribution is 0.254. The van der Waals surface area contributed by atoms with Crippen molar-refractivity contribution in [3.63, 3.8) is 0 Å². The molecule has 0 fully saturated rings. The number of rotatable bonds is 8. The molecule has 0 amide bonds. The molecule has 80 valence electrons. The molecule has 0 N–H and O–H groups in total. The highest BCUT2D eigenvalue weighted by molar-refractivity contribution is 4.56. The van der Waals surface area contributed by atoms with Gasteiger partial charge in [-0.1, -0.05) is 20.3 Å². The Kier molecular flexibility index (Phi) is 8.46. The maximum Gasteiger partial charge on any atom is 0.0106 e. The molecule has 0 atom stereocenters. The van der Waals surface area contributed by atoms with Crippen molar-refractivity contribution in [2.24, 2.45) is 0 Å². The molecule has 0 rings (SSSR count). The molecule has 0 radical (unpaired) electrons. The largest absolute Gasteiger partial charge is 0.305 e. The van der Waals surface area contributed by atoms with E-state index < -0.39 is 0 Å². The number of hydrogen-bond acceptors (Lipinski definition) is 2. The molecule has 0 saturated carbocycles. The van der Waals surface area contributed by atoms with Crippen LogP contribution >= 0.6 is 0 Å². The van der Waals surface area contributed by atoms with E-state index in [1.54, 1.807) is 0 Å². The summed E-state index contributed by atoms with van der Waals surface area (Å²) in [7, 11) is 4.42. The van der Waals surface area contributed by atoms with Gasteiger partial charge in [-0.3, -0.25) is 0 Å². The zero-order chi connectivity index (χ0) is 10.1. The van der Waals surface area contributed by atoms with Gasteiger partial charge in [0.2, 0.25) is 0 Å². The first-order valence-electron chi connectivity index (χ1n) is 5.57. The summed E-state index contributed by atoms with van der Waals surface area (Å²) in [6.07, 6.45) is 3.89. The molecular formula is C11H26N2. The Morgan fingerprint density at radius 3 is 1.69 bits per heavy atom. The molecule has 0 aromatic heterocycles. The molecule has 0 bridgehead atoms. The van der Waals surface area contributed by atoms with Crippen molar-refractivity contribution in [1.82, 2.24) is 9.80 Å². The van der Waals surface area contributed by atoms with Crippen LogP contribution in [0.1, 0.15) is 33.1 Å². The van der Waals surface area contributed by atoms with Crippen molar-refractivity contribution >= 4 is 0 Å². The van der Waals surface area contributed by atoms with Crippen LogP contribution in [0.5, 0.6) is 0 Å². The normalized spacial score (nSPS) is 11.5. The van der Waals surface area contributed by atoms with Gasteiger partial charge in [0.1, 0.15) is 0 Å². The van der Waals surface area contributed by atoms with E-state index in [1.165, 1.54) is 45.4 Å². The fourth-order valence-electron chi connectivity index (χ4n) is 1.37. The Bertz CT molecular complexity index is 104. The molecule has 2 heteroatoms. The molecule has 0 unspecified atom stereocenters. The summed E-state index contributed by atoms with van der Waals surface area (Å²) in [5.41, 5.74) is 0. The van der Waals surface area contributed by atoms with Gasteiger partial charge >= 0.3 is 0 Å². The van der Waals surface area contributed by atoms with Crippen molar-refractivity contribution in [3.05, 3.63) is 0 Å². The predicted octanol–water partition coefficient (Wildman–Crippen LogP) is 2.06. The van der Waals surface area contributed by atoms with Crippen molar-refractivity contribution in [2.75, 3.05) is 40.3 Å². The maximum atomic E-state index is 2.43. The highest BCUT2D eigenvalue weighted by atomic mass is 15.2. The quantitative estimate of drug-likeness (QED) is 0.572. The van der Waals surface area contributed by atoms with Crippen LogP contribution in [-0.2, 0) is 0 Å². The third-order valence-corrected chi connectivity index (χ3v) is 2.36. The zero-order valence-electron chi connectivity index (χ0n) is 9.84. The summed E-state index contributed by atoms with van der Waals surface area (Å²) in [6, 6.07) is 0. The van der Waals surface area contributed by atoms with Crippen LogP contribution in [0.4, 0.5) is 0 Å². The van der Waals surface area contributed by atoms with E-state index in [4.69, 9.17) is 0 Å². The van der Waals surface area contributed by atoms with E-state index in [9.17, 15) is 0 Å². The number of hydrogen-bond donors (Lipinski definition) is 0. The molecule has 0 aliphatic carbocycles. The molecule has 0 aliphatic heterocycles. The molecule has 0 aromatic carbocycles. The SMILES string of the molecule is CCCCN(C)CCN(C)CCC. The second-order valence-corrected chi connectivity index (χ2v) is 3.96. The second-order valence-electron chi connectivity index (χ2n) is 3.96.